The molecule has 0 aliphatic rings. The molecule has 0 aliphatic heterocycles. The number of rotatable bonds is 2. The molecule has 16 heavy (non-hydrogen) atoms. The third kappa shape index (κ3) is 2.25. The van der Waals surface area contributed by atoms with Crippen molar-refractivity contribution in [2.45, 2.75) is 6.92 Å². The maximum atomic E-state index is 5.15. The van der Waals surface area contributed by atoms with Crippen molar-refractivity contribution in [2.24, 2.45) is 0 Å². The second-order valence-corrected chi connectivity index (χ2v) is 4.31. The van der Waals surface area contributed by atoms with Crippen LogP contribution in [0.4, 0.5) is 0 Å². The molecular formula is C13H12BrNO. The first-order valence-electron chi connectivity index (χ1n) is 4.98. The highest BCUT2D eigenvalue weighted by Crippen LogP contribution is 2.26. The van der Waals surface area contributed by atoms with E-state index in [0.717, 1.165) is 21.6 Å². The molecule has 0 bridgehead atoms. The Kier molecular flexibility index (Phi) is 3.25. The van der Waals surface area contributed by atoms with Crippen LogP contribution in [0, 0.1) is 6.92 Å². The summed E-state index contributed by atoms with van der Waals surface area (Å²) in [6, 6.07) is 12.2. The van der Waals surface area contributed by atoms with Crippen molar-refractivity contribution in [3.05, 3.63) is 46.6 Å². The van der Waals surface area contributed by atoms with E-state index >= 15 is 0 Å². The molecule has 1 aromatic carbocycles. The molecule has 0 aliphatic carbocycles. The van der Waals surface area contributed by atoms with Gasteiger partial charge in [-0.25, -0.2) is 4.98 Å². The van der Waals surface area contributed by atoms with Crippen molar-refractivity contribution < 1.29 is 4.74 Å². The quantitative estimate of drug-likeness (QED) is 0.779. The highest BCUT2D eigenvalue weighted by Gasteiger charge is 2.04. The molecule has 1 aromatic heterocycles. The van der Waals surface area contributed by atoms with Gasteiger partial charge in [0, 0.05) is 5.56 Å². The van der Waals surface area contributed by atoms with Gasteiger partial charge in [0.1, 0.15) is 4.60 Å². The minimum absolute atomic E-state index is 0.730. The highest BCUT2D eigenvalue weighted by atomic mass is 79.9. The number of hydrogen-bond donors (Lipinski definition) is 0. The molecule has 0 unspecified atom stereocenters. The summed E-state index contributed by atoms with van der Waals surface area (Å²) in [5.41, 5.74) is 3.29. The molecule has 0 radical (unpaired) electrons. The van der Waals surface area contributed by atoms with Crippen molar-refractivity contribution in [3.8, 4) is 17.0 Å². The second kappa shape index (κ2) is 4.66. The summed E-state index contributed by atoms with van der Waals surface area (Å²) in [5, 5.41) is 0. The smallest absolute Gasteiger partial charge is 0.151 e. The summed E-state index contributed by atoms with van der Waals surface area (Å²) in [6.45, 7) is 2.07. The summed E-state index contributed by atoms with van der Waals surface area (Å²) in [7, 11) is 1.63. The number of hydrogen-bond acceptors (Lipinski definition) is 2. The number of ether oxygens (including phenoxy) is 1. The van der Waals surface area contributed by atoms with Crippen LogP contribution >= 0.6 is 15.9 Å². The Morgan fingerprint density at radius 2 is 1.75 bits per heavy atom. The fourth-order valence-electron chi connectivity index (χ4n) is 1.46. The molecule has 0 amide bonds. The second-order valence-electron chi connectivity index (χ2n) is 3.56. The van der Waals surface area contributed by atoms with Gasteiger partial charge in [0.15, 0.2) is 5.75 Å². The predicted molar refractivity (Wildman–Crippen MR) is 68.7 cm³/mol. The molecule has 2 nitrogen and oxygen atoms in total. The molecule has 0 atom stereocenters. The highest BCUT2D eigenvalue weighted by molar-refractivity contribution is 9.10. The molecule has 0 saturated carbocycles. The average Bonchev–Trinajstić information content (AvgIpc) is 2.30. The maximum Gasteiger partial charge on any atom is 0.151 e. The summed E-state index contributed by atoms with van der Waals surface area (Å²) < 4.78 is 5.88. The van der Waals surface area contributed by atoms with E-state index in [9.17, 15) is 0 Å². The van der Waals surface area contributed by atoms with Crippen LogP contribution in [0.5, 0.6) is 5.75 Å². The average molecular weight is 278 g/mol. The Balaban J connectivity index is 2.41. The van der Waals surface area contributed by atoms with E-state index in [1.165, 1.54) is 5.56 Å². The monoisotopic (exact) mass is 277 g/mol. The fourth-order valence-corrected chi connectivity index (χ4v) is 1.94. The summed E-state index contributed by atoms with van der Waals surface area (Å²) in [6.07, 6.45) is 0. The van der Waals surface area contributed by atoms with Crippen molar-refractivity contribution in [1.82, 2.24) is 4.98 Å². The van der Waals surface area contributed by atoms with Gasteiger partial charge in [-0.3, -0.25) is 0 Å². The molecule has 0 fully saturated rings. The standard InChI is InChI=1S/C13H12BrNO/c1-9-3-5-10(6-4-9)11-7-8-12(16-2)13(14)15-11/h3-8H,1-2H3. The van der Waals surface area contributed by atoms with Gasteiger partial charge in [0.25, 0.3) is 0 Å². The Morgan fingerprint density at radius 1 is 1.06 bits per heavy atom. The van der Waals surface area contributed by atoms with Crippen molar-refractivity contribution in [1.29, 1.82) is 0 Å². The topological polar surface area (TPSA) is 22.1 Å². The van der Waals surface area contributed by atoms with Gasteiger partial charge in [-0.2, -0.15) is 0 Å². The lowest BCUT2D eigenvalue weighted by Gasteiger charge is -2.05. The summed E-state index contributed by atoms with van der Waals surface area (Å²) >= 11 is 3.38. The molecule has 2 rings (SSSR count). The van der Waals surface area contributed by atoms with Crippen LogP contribution in [-0.4, -0.2) is 12.1 Å². The van der Waals surface area contributed by atoms with E-state index in [0.29, 0.717) is 0 Å². The zero-order chi connectivity index (χ0) is 11.5. The van der Waals surface area contributed by atoms with Gasteiger partial charge in [0.05, 0.1) is 12.8 Å². The number of nitrogens with zero attached hydrogens (tertiary/aromatic N) is 1. The molecule has 82 valence electrons. The number of methoxy groups -OCH3 is 1. The van der Waals surface area contributed by atoms with Crippen molar-refractivity contribution in [3.63, 3.8) is 0 Å². The van der Waals surface area contributed by atoms with Gasteiger partial charge in [-0.15, -0.1) is 0 Å². The third-order valence-electron chi connectivity index (χ3n) is 2.38. The molecule has 0 spiro atoms. The first-order valence-corrected chi connectivity index (χ1v) is 5.77. The van der Waals surface area contributed by atoms with Crippen LogP contribution in [0.3, 0.4) is 0 Å². The molecule has 2 aromatic rings. The Labute approximate surface area is 103 Å². The Bertz CT molecular complexity index is 494. The van der Waals surface area contributed by atoms with Crippen LogP contribution in [0.1, 0.15) is 5.56 Å². The van der Waals surface area contributed by atoms with E-state index in [-0.39, 0.29) is 0 Å². The largest absolute Gasteiger partial charge is 0.494 e. The molecule has 1 heterocycles. The van der Waals surface area contributed by atoms with E-state index in [2.05, 4.69) is 52.1 Å². The van der Waals surface area contributed by atoms with Gasteiger partial charge in [-0.05, 0) is 35.0 Å². The number of aromatic nitrogens is 1. The van der Waals surface area contributed by atoms with Gasteiger partial charge < -0.3 is 4.74 Å². The van der Waals surface area contributed by atoms with Crippen LogP contribution < -0.4 is 4.74 Å². The SMILES string of the molecule is COc1ccc(-c2ccc(C)cc2)nc1Br. The zero-order valence-electron chi connectivity index (χ0n) is 9.20. The summed E-state index contributed by atoms with van der Waals surface area (Å²) in [4.78, 5) is 4.44. The molecule has 3 heteroatoms. The minimum Gasteiger partial charge on any atom is -0.494 e. The Morgan fingerprint density at radius 3 is 2.31 bits per heavy atom. The molecule has 0 saturated heterocycles. The first-order chi connectivity index (χ1) is 7.70. The first kappa shape index (κ1) is 11.1. The minimum atomic E-state index is 0.730. The van der Waals surface area contributed by atoms with E-state index in [4.69, 9.17) is 4.74 Å². The van der Waals surface area contributed by atoms with Crippen LogP contribution in [0.15, 0.2) is 41.0 Å². The molecule has 0 N–H and O–H groups in total. The molecular weight excluding hydrogens is 266 g/mol. The third-order valence-corrected chi connectivity index (χ3v) is 2.95. The zero-order valence-corrected chi connectivity index (χ0v) is 10.8. The number of benzene rings is 1. The van der Waals surface area contributed by atoms with Gasteiger partial charge >= 0.3 is 0 Å². The fraction of sp³-hybridized carbons (Fsp3) is 0.154. The maximum absolute atomic E-state index is 5.15. The van der Waals surface area contributed by atoms with E-state index in [1.54, 1.807) is 7.11 Å². The Hall–Kier alpha value is -1.35. The van der Waals surface area contributed by atoms with Gasteiger partial charge in [-0.1, -0.05) is 29.8 Å². The predicted octanol–water partition coefficient (Wildman–Crippen LogP) is 3.83. The number of aryl methyl sites for hydroxylation is 1. The lowest BCUT2D eigenvalue weighted by molar-refractivity contribution is 0.410. The van der Waals surface area contributed by atoms with Crippen molar-refractivity contribution in [2.75, 3.05) is 7.11 Å². The van der Waals surface area contributed by atoms with Crippen LogP contribution in [0.2, 0.25) is 0 Å². The summed E-state index contributed by atoms with van der Waals surface area (Å²) in [5.74, 6) is 0.746. The normalized spacial score (nSPS) is 10.2. The lowest BCUT2D eigenvalue weighted by atomic mass is 10.1. The van der Waals surface area contributed by atoms with E-state index < -0.39 is 0 Å². The van der Waals surface area contributed by atoms with Gasteiger partial charge in [0.2, 0.25) is 0 Å². The van der Waals surface area contributed by atoms with Crippen LogP contribution in [-0.2, 0) is 0 Å². The van der Waals surface area contributed by atoms with Crippen LogP contribution in [0.25, 0.3) is 11.3 Å². The van der Waals surface area contributed by atoms with Crippen molar-refractivity contribution >= 4 is 15.9 Å². The number of pyridine rings is 1. The number of halogens is 1. The van der Waals surface area contributed by atoms with E-state index in [1.807, 2.05) is 12.1 Å². The lowest BCUT2D eigenvalue weighted by Crippen LogP contribution is -1.89.